The Kier molecular flexibility index (Phi) is 10.3. The SMILES string of the molecule is CCCCOC(OCCCC)C(=O)C(CC)(CC)C(=O)O. The van der Waals surface area contributed by atoms with Crippen molar-refractivity contribution in [2.24, 2.45) is 5.41 Å². The summed E-state index contributed by atoms with van der Waals surface area (Å²) in [6, 6.07) is 0. The van der Waals surface area contributed by atoms with Gasteiger partial charge in [-0.2, -0.15) is 0 Å². The molecular weight excluding hydrogens is 272 g/mol. The molecule has 124 valence electrons. The zero-order valence-electron chi connectivity index (χ0n) is 13.8. The van der Waals surface area contributed by atoms with E-state index in [2.05, 4.69) is 0 Å². The van der Waals surface area contributed by atoms with Gasteiger partial charge in [0.05, 0.1) is 13.2 Å². The van der Waals surface area contributed by atoms with Crippen molar-refractivity contribution in [3.63, 3.8) is 0 Å². The number of Topliss-reactive ketones (excluding diaryl/α,β-unsaturated/α-hetero) is 1. The molecule has 1 N–H and O–H groups in total. The number of hydrogen-bond acceptors (Lipinski definition) is 4. The van der Waals surface area contributed by atoms with Crippen LogP contribution < -0.4 is 0 Å². The van der Waals surface area contributed by atoms with Gasteiger partial charge in [0, 0.05) is 0 Å². The first-order chi connectivity index (χ1) is 9.99. The molecular formula is C16H30O5. The van der Waals surface area contributed by atoms with E-state index in [0.717, 1.165) is 25.7 Å². The monoisotopic (exact) mass is 302 g/mol. The smallest absolute Gasteiger partial charge is 0.317 e. The maximum Gasteiger partial charge on any atom is 0.317 e. The molecule has 0 aliphatic rings. The van der Waals surface area contributed by atoms with Crippen LogP contribution in [0.3, 0.4) is 0 Å². The highest BCUT2D eigenvalue weighted by molar-refractivity contribution is 6.04. The normalized spacial score (nSPS) is 11.9. The third kappa shape index (κ3) is 5.75. The third-order valence-corrected chi connectivity index (χ3v) is 3.84. The number of hydrogen-bond donors (Lipinski definition) is 1. The summed E-state index contributed by atoms with van der Waals surface area (Å²) in [6.45, 7) is 8.29. The number of carbonyl (C=O) groups excluding carboxylic acids is 1. The van der Waals surface area contributed by atoms with Crippen molar-refractivity contribution in [2.45, 2.75) is 72.5 Å². The Labute approximate surface area is 128 Å². The van der Waals surface area contributed by atoms with E-state index in [1.165, 1.54) is 0 Å². The molecule has 0 aliphatic heterocycles. The predicted octanol–water partition coefficient (Wildman–Crippen LogP) is 3.41. The highest BCUT2D eigenvalue weighted by Gasteiger charge is 2.46. The first-order valence-electron chi connectivity index (χ1n) is 8.00. The Bertz CT molecular complexity index is 300. The Hall–Kier alpha value is -0.940. The van der Waals surface area contributed by atoms with Gasteiger partial charge in [-0.05, 0) is 25.7 Å². The van der Waals surface area contributed by atoms with Crippen LogP contribution in [0.25, 0.3) is 0 Å². The number of carboxylic acid groups (broad SMARTS) is 1. The van der Waals surface area contributed by atoms with Crippen molar-refractivity contribution >= 4 is 11.8 Å². The van der Waals surface area contributed by atoms with Crippen molar-refractivity contribution in [3.05, 3.63) is 0 Å². The zero-order valence-corrected chi connectivity index (χ0v) is 13.8. The molecule has 5 nitrogen and oxygen atoms in total. The molecule has 0 rings (SSSR count). The first kappa shape index (κ1) is 20.1. The second-order valence-electron chi connectivity index (χ2n) is 5.24. The first-order valence-corrected chi connectivity index (χ1v) is 8.00. The minimum atomic E-state index is -1.41. The number of carboxylic acids is 1. The topological polar surface area (TPSA) is 72.8 Å². The van der Waals surface area contributed by atoms with Gasteiger partial charge in [0.25, 0.3) is 0 Å². The van der Waals surface area contributed by atoms with Crippen LogP contribution in [0.1, 0.15) is 66.2 Å². The lowest BCUT2D eigenvalue weighted by molar-refractivity contribution is -0.186. The van der Waals surface area contributed by atoms with Crippen molar-refractivity contribution in [3.8, 4) is 0 Å². The maximum atomic E-state index is 12.6. The summed E-state index contributed by atoms with van der Waals surface area (Å²) in [4.78, 5) is 24.2. The van der Waals surface area contributed by atoms with Crippen LogP contribution in [-0.2, 0) is 19.1 Å². The van der Waals surface area contributed by atoms with Gasteiger partial charge in [-0.1, -0.05) is 40.5 Å². The van der Waals surface area contributed by atoms with E-state index in [4.69, 9.17) is 9.47 Å². The van der Waals surface area contributed by atoms with Gasteiger partial charge in [-0.15, -0.1) is 0 Å². The van der Waals surface area contributed by atoms with E-state index in [9.17, 15) is 14.7 Å². The number of carbonyl (C=O) groups is 2. The fourth-order valence-electron chi connectivity index (χ4n) is 2.10. The molecule has 0 fully saturated rings. The number of ketones is 1. The number of unbranched alkanes of at least 4 members (excludes halogenated alkanes) is 2. The van der Waals surface area contributed by atoms with Crippen LogP contribution >= 0.6 is 0 Å². The molecule has 0 unspecified atom stereocenters. The van der Waals surface area contributed by atoms with Gasteiger partial charge in [0.2, 0.25) is 12.1 Å². The van der Waals surface area contributed by atoms with E-state index in [0.29, 0.717) is 13.2 Å². The van der Waals surface area contributed by atoms with Crippen LogP contribution in [0, 0.1) is 5.41 Å². The highest BCUT2D eigenvalue weighted by Crippen LogP contribution is 2.30. The molecule has 0 saturated heterocycles. The second-order valence-corrected chi connectivity index (χ2v) is 5.24. The predicted molar refractivity (Wildman–Crippen MR) is 81.2 cm³/mol. The standard InChI is InChI=1S/C16H30O5/c1-5-9-11-20-14(21-12-10-6-2)13(17)16(7-3,8-4)15(18)19/h14H,5-12H2,1-4H3,(H,18,19). The van der Waals surface area contributed by atoms with Crippen molar-refractivity contribution in [2.75, 3.05) is 13.2 Å². The fourth-order valence-corrected chi connectivity index (χ4v) is 2.10. The van der Waals surface area contributed by atoms with E-state index >= 15 is 0 Å². The number of aliphatic carboxylic acids is 1. The lowest BCUT2D eigenvalue weighted by Gasteiger charge is -2.29. The van der Waals surface area contributed by atoms with E-state index in [-0.39, 0.29) is 12.8 Å². The molecule has 0 aromatic carbocycles. The largest absolute Gasteiger partial charge is 0.480 e. The summed E-state index contributed by atoms with van der Waals surface area (Å²) in [5, 5.41) is 9.45. The van der Waals surface area contributed by atoms with E-state index in [1.807, 2.05) is 13.8 Å². The number of rotatable bonds is 13. The van der Waals surface area contributed by atoms with E-state index in [1.54, 1.807) is 13.8 Å². The average Bonchev–Trinajstić information content (AvgIpc) is 2.47. The summed E-state index contributed by atoms with van der Waals surface area (Å²) < 4.78 is 11.0. The van der Waals surface area contributed by atoms with Crippen molar-refractivity contribution in [1.29, 1.82) is 0 Å². The molecule has 0 aromatic heterocycles. The third-order valence-electron chi connectivity index (χ3n) is 3.84. The van der Waals surface area contributed by atoms with Gasteiger partial charge < -0.3 is 14.6 Å². The fraction of sp³-hybridized carbons (Fsp3) is 0.875. The summed E-state index contributed by atoms with van der Waals surface area (Å²) in [5.74, 6) is -1.56. The molecule has 0 spiro atoms. The lowest BCUT2D eigenvalue weighted by Crippen LogP contribution is -2.46. The van der Waals surface area contributed by atoms with Gasteiger partial charge in [-0.25, -0.2) is 0 Å². The van der Waals surface area contributed by atoms with Crippen LogP contribution in [0.4, 0.5) is 0 Å². The van der Waals surface area contributed by atoms with Crippen molar-refractivity contribution in [1.82, 2.24) is 0 Å². The molecule has 0 aromatic rings. The Morgan fingerprint density at radius 2 is 1.38 bits per heavy atom. The Morgan fingerprint density at radius 3 is 1.67 bits per heavy atom. The molecule has 0 aliphatic carbocycles. The van der Waals surface area contributed by atoms with Gasteiger partial charge >= 0.3 is 5.97 Å². The molecule has 0 saturated carbocycles. The quantitative estimate of drug-likeness (QED) is 0.321. The van der Waals surface area contributed by atoms with Crippen molar-refractivity contribution < 1.29 is 24.2 Å². The zero-order chi connectivity index (χ0) is 16.3. The van der Waals surface area contributed by atoms with Crippen LogP contribution in [0.5, 0.6) is 0 Å². The molecule has 0 amide bonds. The molecule has 0 heterocycles. The lowest BCUT2D eigenvalue weighted by atomic mass is 9.78. The Morgan fingerprint density at radius 1 is 0.952 bits per heavy atom. The Balaban J connectivity index is 4.98. The van der Waals surface area contributed by atoms with Gasteiger partial charge in [0.1, 0.15) is 5.41 Å². The van der Waals surface area contributed by atoms with Gasteiger partial charge in [0.15, 0.2) is 0 Å². The minimum Gasteiger partial charge on any atom is -0.480 e. The van der Waals surface area contributed by atoms with Crippen LogP contribution in [-0.4, -0.2) is 36.4 Å². The molecule has 0 atom stereocenters. The molecule has 5 heteroatoms. The summed E-state index contributed by atoms with van der Waals surface area (Å²) in [7, 11) is 0. The molecule has 0 bridgehead atoms. The maximum absolute atomic E-state index is 12.6. The van der Waals surface area contributed by atoms with Crippen LogP contribution in [0.15, 0.2) is 0 Å². The highest BCUT2D eigenvalue weighted by atomic mass is 16.7. The van der Waals surface area contributed by atoms with Gasteiger partial charge in [-0.3, -0.25) is 9.59 Å². The van der Waals surface area contributed by atoms with E-state index < -0.39 is 23.5 Å². The average molecular weight is 302 g/mol. The second kappa shape index (κ2) is 10.7. The minimum absolute atomic E-state index is 0.239. The summed E-state index contributed by atoms with van der Waals surface area (Å²) in [5.41, 5.74) is -1.41. The molecule has 21 heavy (non-hydrogen) atoms. The summed E-state index contributed by atoms with van der Waals surface area (Å²) in [6.07, 6.45) is 2.94. The number of ether oxygens (including phenoxy) is 2. The van der Waals surface area contributed by atoms with Crippen LogP contribution in [0.2, 0.25) is 0 Å². The summed E-state index contributed by atoms with van der Waals surface area (Å²) >= 11 is 0. The molecule has 0 radical (unpaired) electrons.